The van der Waals surface area contributed by atoms with Crippen molar-refractivity contribution < 1.29 is 14.7 Å². The molecule has 0 atom stereocenters. The first kappa shape index (κ1) is 23.8. The predicted octanol–water partition coefficient (Wildman–Crippen LogP) is 4.84. The van der Waals surface area contributed by atoms with Gasteiger partial charge in [0.25, 0.3) is 23.5 Å². The Kier molecular flexibility index (Phi) is 6.23. The average molecular weight is 503 g/mol. The molecule has 184 valence electrons. The third-order valence-electron chi connectivity index (χ3n) is 5.51. The molecule has 4 N–H and O–H groups in total. The lowest BCUT2D eigenvalue weighted by Crippen LogP contribution is -2.18. The molecule has 5 rings (SSSR count). The highest BCUT2D eigenvalue weighted by Crippen LogP contribution is 2.40. The monoisotopic (exact) mass is 503 g/mol. The minimum Gasteiger partial charge on any atom is -0.505 e. The number of benzene rings is 3. The summed E-state index contributed by atoms with van der Waals surface area (Å²) < 4.78 is 1.24. The first-order valence-electron chi connectivity index (χ1n) is 11.1. The molecule has 12 nitrogen and oxygen atoms in total. The largest absolute Gasteiger partial charge is 0.505 e. The van der Waals surface area contributed by atoms with Crippen LogP contribution in [0.1, 0.15) is 20.7 Å². The van der Waals surface area contributed by atoms with E-state index in [0.717, 1.165) is 0 Å². The molecule has 0 saturated carbocycles. The number of anilines is 1. The molecule has 0 aliphatic carbocycles. The number of fused-ring (bicyclic) bond motifs is 1. The molecular formula is C26H17N9O3. The molecule has 38 heavy (non-hydrogen) atoms. The Morgan fingerprint density at radius 3 is 2.50 bits per heavy atom. The van der Waals surface area contributed by atoms with Crippen LogP contribution in [-0.4, -0.2) is 36.7 Å². The van der Waals surface area contributed by atoms with Crippen LogP contribution >= 0.6 is 0 Å². The minimum absolute atomic E-state index is 0.00547. The van der Waals surface area contributed by atoms with Crippen LogP contribution in [0.2, 0.25) is 0 Å². The van der Waals surface area contributed by atoms with E-state index in [4.69, 9.17) is 12.3 Å². The van der Waals surface area contributed by atoms with Crippen LogP contribution in [0.5, 0.6) is 5.75 Å². The van der Waals surface area contributed by atoms with Gasteiger partial charge in [0, 0.05) is 17.8 Å². The second-order valence-corrected chi connectivity index (χ2v) is 7.83. The lowest BCUT2D eigenvalue weighted by molar-refractivity contribution is 0.100. The highest BCUT2D eigenvalue weighted by Gasteiger charge is 2.21. The Labute approximate surface area is 214 Å². The number of nitrogens with zero attached hydrogens (tertiary/aromatic N) is 7. The van der Waals surface area contributed by atoms with Gasteiger partial charge in [-0.05, 0) is 29.7 Å². The Morgan fingerprint density at radius 1 is 1.00 bits per heavy atom. The van der Waals surface area contributed by atoms with E-state index in [0.29, 0.717) is 10.8 Å². The summed E-state index contributed by atoms with van der Waals surface area (Å²) in [5.74, 6) is -1.64. The third-order valence-corrected chi connectivity index (χ3v) is 5.51. The Balaban J connectivity index is 1.61. The standard InChI is InChI=1S/C26H17N9O3/c1-28-20-14-31-35(26-29-11-6-12-30-26)24(20)34-33-21-16-8-3-2-7-15(16)13-18(22(21)36)25(38)32-19-10-5-4-9-17(19)23(27)37/h2-14,36H,(H2,27,37)(H,32,38)/b34-33+. The highest BCUT2D eigenvalue weighted by molar-refractivity contribution is 6.13. The van der Waals surface area contributed by atoms with Crippen molar-refractivity contribution in [3.8, 4) is 11.7 Å². The number of phenolic OH excluding ortho intramolecular Hbond substituents is 1. The summed E-state index contributed by atoms with van der Waals surface area (Å²) >= 11 is 0. The van der Waals surface area contributed by atoms with E-state index in [2.05, 4.69) is 35.5 Å². The van der Waals surface area contributed by atoms with E-state index in [-0.39, 0.29) is 40.0 Å². The minimum atomic E-state index is -0.715. The molecule has 0 saturated heterocycles. The lowest BCUT2D eigenvalue weighted by atomic mass is 10.0. The first-order valence-corrected chi connectivity index (χ1v) is 11.1. The second kappa shape index (κ2) is 9.96. The summed E-state index contributed by atoms with van der Waals surface area (Å²) in [4.78, 5) is 36.7. The van der Waals surface area contributed by atoms with Gasteiger partial charge in [0.2, 0.25) is 0 Å². The summed E-state index contributed by atoms with van der Waals surface area (Å²) in [7, 11) is 0. The molecule has 0 bridgehead atoms. The summed E-state index contributed by atoms with van der Waals surface area (Å²) in [5, 5.41) is 27.4. The molecule has 0 spiro atoms. The second-order valence-electron chi connectivity index (χ2n) is 7.83. The molecule has 2 heterocycles. The van der Waals surface area contributed by atoms with Crippen LogP contribution in [0.4, 0.5) is 22.9 Å². The Hall–Kier alpha value is -5.96. The molecule has 5 aromatic rings. The number of amides is 2. The summed E-state index contributed by atoms with van der Waals surface area (Å²) in [6, 6.07) is 16.3. The van der Waals surface area contributed by atoms with Crippen LogP contribution in [-0.2, 0) is 0 Å². The van der Waals surface area contributed by atoms with Crippen LogP contribution in [0.15, 0.2) is 89.5 Å². The number of para-hydroxylation sites is 1. The maximum absolute atomic E-state index is 13.2. The number of azo groups is 1. The summed E-state index contributed by atoms with van der Waals surface area (Å²) in [6.07, 6.45) is 4.33. The molecule has 0 fully saturated rings. The van der Waals surface area contributed by atoms with Gasteiger partial charge < -0.3 is 16.2 Å². The third kappa shape index (κ3) is 4.38. The quantitative estimate of drug-likeness (QED) is 0.222. The fourth-order valence-corrected chi connectivity index (χ4v) is 3.74. The van der Waals surface area contributed by atoms with Crippen LogP contribution < -0.4 is 11.1 Å². The maximum Gasteiger partial charge on any atom is 0.259 e. The van der Waals surface area contributed by atoms with Gasteiger partial charge in [0.05, 0.1) is 29.6 Å². The molecule has 0 radical (unpaired) electrons. The number of aromatic nitrogens is 4. The van der Waals surface area contributed by atoms with E-state index in [9.17, 15) is 14.7 Å². The average Bonchev–Trinajstić information content (AvgIpc) is 3.35. The van der Waals surface area contributed by atoms with Crippen molar-refractivity contribution in [3.05, 3.63) is 102 Å². The smallest absolute Gasteiger partial charge is 0.259 e. The van der Waals surface area contributed by atoms with Gasteiger partial charge in [-0.2, -0.15) is 9.78 Å². The zero-order chi connectivity index (χ0) is 26.6. The van der Waals surface area contributed by atoms with Crippen molar-refractivity contribution >= 4 is 45.5 Å². The van der Waals surface area contributed by atoms with Crippen molar-refractivity contribution in [1.82, 2.24) is 19.7 Å². The number of aromatic hydroxyl groups is 1. The molecule has 0 aliphatic heterocycles. The Morgan fingerprint density at radius 2 is 1.74 bits per heavy atom. The lowest BCUT2D eigenvalue weighted by Gasteiger charge is -2.12. The summed E-state index contributed by atoms with van der Waals surface area (Å²) in [6.45, 7) is 7.46. The predicted molar refractivity (Wildman–Crippen MR) is 138 cm³/mol. The van der Waals surface area contributed by atoms with Gasteiger partial charge >= 0.3 is 0 Å². The number of phenols is 1. The number of primary amides is 1. The van der Waals surface area contributed by atoms with Crippen LogP contribution in [0, 0.1) is 6.57 Å². The normalized spacial score (nSPS) is 10.9. The number of hydrogen-bond acceptors (Lipinski definition) is 8. The van der Waals surface area contributed by atoms with Gasteiger partial charge in [0.15, 0.2) is 11.6 Å². The number of hydrogen-bond donors (Lipinski definition) is 3. The topological polar surface area (TPSA) is 165 Å². The fourth-order valence-electron chi connectivity index (χ4n) is 3.74. The van der Waals surface area contributed by atoms with Crippen molar-refractivity contribution in [1.29, 1.82) is 0 Å². The van der Waals surface area contributed by atoms with Crippen molar-refractivity contribution in [2.24, 2.45) is 16.0 Å². The van der Waals surface area contributed by atoms with Crippen molar-refractivity contribution in [2.75, 3.05) is 5.32 Å². The van der Waals surface area contributed by atoms with Crippen molar-refractivity contribution in [2.45, 2.75) is 0 Å². The molecule has 0 aliphatic rings. The zero-order valence-electron chi connectivity index (χ0n) is 19.5. The van der Waals surface area contributed by atoms with Gasteiger partial charge in [-0.25, -0.2) is 14.8 Å². The number of carbonyl (C=O) groups is 2. The molecule has 12 heteroatoms. The SMILES string of the molecule is [C-]#[N+]c1cnn(-c2ncccn2)c1/N=N/c1c(O)c(C(=O)Nc2ccccc2C(N)=O)cc2ccccc12. The van der Waals surface area contributed by atoms with Gasteiger partial charge in [-0.1, -0.05) is 36.4 Å². The number of carbonyl (C=O) groups excluding carboxylic acids is 2. The number of nitrogens with one attached hydrogen (secondary N) is 1. The number of rotatable bonds is 6. The van der Waals surface area contributed by atoms with E-state index in [1.54, 1.807) is 42.5 Å². The fraction of sp³-hybridized carbons (Fsp3) is 0. The van der Waals surface area contributed by atoms with E-state index in [1.807, 2.05) is 0 Å². The summed E-state index contributed by atoms with van der Waals surface area (Å²) in [5.41, 5.74) is 5.69. The Bertz CT molecular complexity index is 1770. The zero-order valence-corrected chi connectivity index (χ0v) is 19.5. The molecule has 0 unspecified atom stereocenters. The maximum atomic E-state index is 13.2. The molecule has 2 amide bonds. The van der Waals surface area contributed by atoms with E-state index >= 15 is 0 Å². The van der Waals surface area contributed by atoms with Gasteiger partial charge in [0.1, 0.15) is 5.69 Å². The van der Waals surface area contributed by atoms with Gasteiger partial charge in [-0.3, -0.25) is 9.59 Å². The van der Waals surface area contributed by atoms with Gasteiger partial charge in [-0.15, -0.1) is 10.2 Å². The van der Waals surface area contributed by atoms with Crippen LogP contribution in [0.25, 0.3) is 21.6 Å². The molecule has 3 aromatic carbocycles. The molecule has 2 aromatic heterocycles. The highest BCUT2D eigenvalue weighted by atomic mass is 16.3. The first-order chi connectivity index (χ1) is 18.5. The van der Waals surface area contributed by atoms with E-state index in [1.165, 1.54) is 41.5 Å². The van der Waals surface area contributed by atoms with Crippen molar-refractivity contribution in [3.63, 3.8) is 0 Å². The number of nitrogens with two attached hydrogens (primary N) is 1. The van der Waals surface area contributed by atoms with E-state index < -0.39 is 17.6 Å². The van der Waals surface area contributed by atoms with Crippen LogP contribution in [0.3, 0.4) is 0 Å². The molecular weight excluding hydrogens is 486 g/mol.